The lowest BCUT2D eigenvalue weighted by atomic mass is 10.0. The van der Waals surface area contributed by atoms with Crippen molar-refractivity contribution in [3.8, 4) is 17.3 Å². The summed E-state index contributed by atoms with van der Waals surface area (Å²) < 4.78 is 13.4. The average Bonchev–Trinajstić information content (AvgIpc) is 3.50. The molecule has 1 fully saturated rings. The molecule has 5 rings (SSSR count). The Kier molecular flexibility index (Phi) is 5.39. The summed E-state index contributed by atoms with van der Waals surface area (Å²) >= 11 is 1.24. The third-order valence-electron chi connectivity index (χ3n) is 5.24. The van der Waals surface area contributed by atoms with Crippen LogP contribution in [0.2, 0.25) is 0 Å². The Morgan fingerprint density at radius 3 is 2.66 bits per heavy atom. The van der Waals surface area contributed by atoms with Gasteiger partial charge in [-0.05, 0) is 30.5 Å². The number of nitrogens with zero attached hydrogens (tertiary/aromatic N) is 7. The monoisotopic (exact) mass is 444 g/mol. The highest BCUT2D eigenvalue weighted by Crippen LogP contribution is 2.37. The zero-order valence-electron chi connectivity index (χ0n) is 16.8. The van der Waals surface area contributed by atoms with Gasteiger partial charge in [0, 0.05) is 24.5 Å². The molecular weight excluding hydrogens is 427 g/mol. The second-order valence-corrected chi connectivity index (χ2v) is 8.25. The molecule has 0 spiro atoms. The number of halogens is 1. The molecule has 1 aliphatic heterocycles. The van der Waals surface area contributed by atoms with Crippen molar-refractivity contribution in [2.24, 2.45) is 0 Å². The minimum atomic E-state index is -0.251. The first-order valence-corrected chi connectivity index (χ1v) is 10.8. The summed E-state index contributed by atoms with van der Waals surface area (Å²) in [7, 11) is 0. The lowest BCUT2D eigenvalue weighted by Crippen LogP contribution is -2.24. The van der Waals surface area contributed by atoms with Crippen LogP contribution >= 0.6 is 11.3 Å². The SMILES string of the molecule is N#Cc1cnc(Nc2nc(N3CCCC3c3ccc(F)cc3)cnc2-c2cncnc2)s1. The highest BCUT2D eigenvalue weighted by molar-refractivity contribution is 7.16. The third-order valence-corrected chi connectivity index (χ3v) is 6.05. The van der Waals surface area contributed by atoms with Gasteiger partial charge < -0.3 is 10.2 Å². The van der Waals surface area contributed by atoms with Crippen molar-refractivity contribution in [1.29, 1.82) is 5.26 Å². The van der Waals surface area contributed by atoms with Crippen LogP contribution < -0.4 is 10.2 Å². The summed E-state index contributed by atoms with van der Waals surface area (Å²) in [6, 6.07) is 8.79. The van der Waals surface area contributed by atoms with Gasteiger partial charge in [-0.1, -0.05) is 23.5 Å². The number of hydrogen-bond acceptors (Lipinski definition) is 9. The Hall–Kier alpha value is -3.97. The highest BCUT2D eigenvalue weighted by atomic mass is 32.1. The number of nitrogens with one attached hydrogen (secondary N) is 1. The predicted molar refractivity (Wildman–Crippen MR) is 119 cm³/mol. The van der Waals surface area contributed by atoms with E-state index in [0.717, 1.165) is 24.9 Å². The van der Waals surface area contributed by atoms with Crippen LogP contribution in [0.25, 0.3) is 11.3 Å². The fourth-order valence-electron chi connectivity index (χ4n) is 3.80. The minimum Gasteiger partial charge on any atom is -0.348 e. The number of hydrogen-bond donors (Lipinski definition) is 1. The van der Waals surface area contributed by atoms with Gasteiger partial charge in [0.2, 0.25) is 0 Å². The zero-order valence-corrected chi connectivity index (χ0v) is 17.6. The van der Waals surface area contributed by atoms with Crippen LogP contribution in [0.4, 0.5) is 21.2 Å². The minimum absolute atomic E-state index is 0.0914. The van der Waals surface area contributed by atoms with E-state index in [9.17, 15) is 4.39 Å². The molecule has 0 radical (unpaired) electrons. The zero-order chi connectivity index (χ0) is 21.9. The molecule has 1 aromatic carbocycles. The molecule has 1 N–H and O–H groups in total. The highest BCUT2D eigenvalue weighted by Gasteiger charge is 2.28. The Balaban J connectivity index is 1.53. The van der Waals surface area contributed by atoms with Crippen LogP contribution in [0.15, 0.2) is 55.4 Å². The van der Waals surface area contributed by atoms with E-state index >= 15 is 0 Å². The molecule has 10 heteroatoms. The quantitative estimate of drug-likeness (QED) is 0.480. The third kappa shape index (κ3) is 3.98. The first-order chi connectivity index (χ1) is 15.7. The maximum atomic E-state index is 13.4. The first-order valence-electron chi connectivity index (χ1n) is 9.99. The molecule has 3 aromatic heterocycles. The summed E-state index contributed by atoms with van der Waals surface area (Å²) in [5, 5.41) is 12.9. The van der Waals surface area contributed by atoms with Crippen LogP contribution in [-0.4, -0.2) is 31.5 Å². The molecule has 0 bridgehead atoms. The van der Waals surface area contributed by atoms with Crippen molar-refractivity contribution in [1.82, 2.24) is 24.9 Å². The number of nitriles is 1. The lowest BCUT2D eigenvalue weighted by molar-refractivity contribution is 0.624. The van der Waals surface area contributed by atoms with Gasteiger partial charge in [0.1, 0.15) is 34.6 Å². The molecule has 4 heterocycles. The fraction of sp³-hybridized carbons (Fsp3) is 0.182. The van der Waals surface area contributed by atoms with Crippen LogP contribution in [0.3, 0.4) is 0 Å². The molecular formula is C22H17FN8S. The van der Waals surface area contributed by atoms with Gasteiger partial charge in [-0.25, -0.2) is 29.3 Å². The molecule has 0 amide bonds. The molecule has 1 aliphatic rings. The second-order valence-electron chi connectivity index (χ2n) is 7.22. The van der Waals surface area contributed by atoms with Crippen molar-refractivity contribution in [2.45, 2.75) is 18.9 Å². The van der Waals surface area contributed by atoms with Gasteiger partial charge in [-0.15, -0.1) is 0 Å². The van der Waals surface area contributed by atoms with E-state index in [1.165, 1.54) is 36.0 Å². The van der Waals surface area contributed by atoms with E-state index < -0.39 is 0 Å². The molecule has 4 aromatic rings. The van der Waals surface area contributed by atoms with Crippen molar-refractivity contribution < 1.29 is 4.39 Å². The summed E-state index contributed by atoms with van der Waals surface area (Å²) in [5.41, 5.74) is 2.34. The Bertz CT molecular complexity index is 1270. The summed E-state index contributed by atoms with van der Waals surface area (Å²) in [6.45, 7) is 0.819. The molecule has 32 heavy (non-hydrogen) atoms. The summed E-state index contributed by atoms with van der Waals surface area (Å²) in [6.07, 6.45) is 9.98. The number of anilines is 3. The van der Waals surface area contributed by atoms with E-state index in [0.29, 0.717) is 32.9 Å². The van der Waals surface area contributed by atoms with E-state index in [-0.39, 0.29) is 11.9 Å². The number of aromatic nitrogens is 5. The van der Waals surface area contributed by atoms with Gasteiger partial charge in [0.25, 0.3) is 0 Å². The molecule has 0 saturated carbocycles. The number of benzene rings is 1. The second kappa shape index (κ2) is 8.64. The Labute approximate surface area is 187 Å². The molecule has 158 valence electrons. The Morgan fingerprint density at radius 1 is 1.09 bits per heavy atom. The van der Waals surface area contributed by atoms with Crippen LogP contribution in [-0.2, 0) is 0 Å². The smallest absolute Gasteiger partial charge is 0.189 e. The van der Waals surface area contributed by atoms with Gasteiger partial charge in [-0.2, -0.15) is 5.26 Å². The molecule has 1 atom stereocenters. The van der Waals surface area contributed by atoms with Crippen LogP contribution in [0.1, 0.15) is 29.3 Å². The summed E-state index contributed by atoms with van der Waals surface area (Å²) in [5.74, 6) is 0.956. The molecule has 1 saturated heterocycles. The lowest BCUT2D eigenvalue weighted by Gasteiger charge is -2.26. The van der Waals surface area contributed by atoms with E-state index in [4.69, 9.17) is 10.2 Å². The van der Waals surface area contributed by atoms with Crippen LogP contribution in [0, 0.1) is 17.1 Å². The predicted octanol–water partition coefficient (Wildman–Crippen LogP) is 4.49. The van der Waals surface area contributed by atoms with Crippen LogP contribution in [0.5, 0.6) is 0 Å². The largest absolute Gasteiger partial charge is 0.348 e. The Morgan fingerprint density at radius 2 is 1.91 bits per heavy atom. The van der Waals surface area contributed by atoms with E-state index in [1.54, 1.807) is 18.6 Å². The van der Waals surface area contributed by atoms with Crippen molar-refractivity contribution in [3.63, 3.8) is 0 Å². The standard InChI is InChI=1S/C22H17FN8S/c23-16-5-3-14(4-6-16)18-2-1-7-31(18)19-12-27-20(15-9-25-13-26-10-15)21(29-19)30-22-28-11-17(8-24)32-22/h3-6,9-13,18H,1-2,7H2,(H,28,29,30). The van der Waals surface area contributed by atoms with Crippen molar-refractivity contribution in [3.05, 3.63) is 71.6 Å². The normalized spacial score (nSPS) is 15.5. The molecule has 8 nitrogen and oxygen atoms in total. The first kappa shape index (κ1) is 20.0. The van der Waals surface area contributed by atoms with Gasteiger partial charge in [-0.3, -0.25) is 0 Å². The maximum absolute atomic E-state index is 13.4. The topological polar surface area (TPSA) is 104 Å². The fourth-order valence-corrected chi connectivity index (χ4v) is 4.41. The number of rotatable bonds is 5. The van der Waals surface area contributed by atoms with Gasteiger partial charge in [0.15, 0.2) is 10.9 Å². The van der Waals surface area contributed by atoms with E-state index in [1.807, 2.05) is 12.1 Å². The number of thiazole rings is 1. The van der Waals surface area contributed by atoms with Gasteiger partial charge >= 0.3 is 0 Å². The average molecular weight is 444 g/mol. The summed E-state index contributed by atoms with van der Waals surface area (Å²) in [4.78, 5) is 24.6. The molecule has 0 aliphatic carbocycles. The maximum Gasteiger partial charge on any atom is 0.189 e. The van der Waals surface area contributed by atoms with E-state index in [2.05, 4.69) is 36.2 Å². The van der Waals surface area contributed by atoms with Gasteiger partial charge in [0.05, 0.1) is 18.4 Å². The molecule has 1 unspecified atom stereocenters. The van der Waals surface area contributed by atoms with Crippen molar-refractivity contribution in [2.75, 3.05) is 16.8 Å². The van der Waals surface area contributed by atoms with Crippen molar-refractivity contribution >= 4 is 28.1 Å².